The molecule has 0 unspecified atom stereocenters. The third-order valence-electron chi connectivity index (χ3n) is 6.04. The van der Waals surface area contributed by atoms with Gasteiger partial charge in [0.25, 0.3) is 0 Å². The van der Waals surface area contributed by atoms with Gasteiger partial charge in [0, 0.05) is 28.7 Å². The van der Waals surface area contributed by atoms with Gasteiger partial charge in [-0.1, -0.05) is 42.5 Å². The molecule has 3 aromatic carbocycles. The number of rotatable bonds is 6. The minimum absolute atomic E-state index is 0.342. The maximum absolute atomic E-state index is 12.8. The van der Waals surface area contributed by atoms with Crippen LogP contribution in [0, 0.1) is 0 Å². The van der Waals surface area contributed by atoms with Crippen molar-refractivity contribution in [3.63, 3.8) is 0 Å². The number of nitrogens with one attached hydrogen (secondary N) is 1. The summed E-state index contributed by atoms with van der Waals surface area (Å²) in [5, 5.41) is 7.68. The molecule has 1 N–H and O–H groups in total. The average Bonchev–Trinajstić information content (AvgIpc) is 3.53. The van der Waals surface area contributed by atoms with Gasteiger partial charge < -0.3 is 19.2 Å². The minimum atomic E-state index is -0.492. The van der Waals surface area contributed by atoms with Crippen molar-refractivity contribution in [3.8, 4) is 16.9 Å². The van der Waals surface area contributed by atoms with Gasteiger partial charge in [-0.25, -0.2) is 4.79 Å². The largest absolute Gasteiger partial charge is 0.496 e. The van der Waals surface area contributed by atoms with Crippen LogP contribution in [-0.4, -0.2) is 26.1 Å². The van der Waals surface area contributed by atoms with Crippen LogP contribution in [0.1, 0.15) is 22.2 Å². The number of thiophene rings is 1. The molecular formula is C29H23NO5S. The number of hydrogen-bond acceptors (Lipinski definition) is 6. The predicted molar refractivity (Wildman–Crippen MR) is 144 cm³/mol. The molecule has 36 heavy (non-hydrogen) atoms. The quantitative estimate of drug-likeness (QED) is 0.199. The van der Waals surface area contributed by atoms with Crippen LogP contribution in [0.15, 0.2) is 82.8 Å². The van der Waals surface area contributed by atoms with Crippen LogP contribution < -0.4 is 10.1 Å². The molecule has 0 radical (unpaired) electrons. The molecule has 7 heteroatoms. The molecule has 0 saturated carbocycles. The van der Waals surface area contributed by atoms with Gasteiger partial charge in [0.1, 0.15) is 16.2 Å². The lowest BCUT2D eigenvalue weighted by molar-refractivity contribution is -0.111. The summed E-state index contributed by atoms with van der Waals surface area (Å²) >= 11 is 1.21. The maximum atomic E-state index is 12.8. The fourth-order valence-corrected chi connectivity index (χ4v) is 5.07. The van der Waals surface area contributed by atoms with Crippen molar-refractivity contribution in [2.75, 3.05) is 19.5 Å². The SMILES string of the molecule is COC(=O)c1sccc1NC(=O)/C=C(\C)c1cc2c(-c3cccc4ccccc34)coc2cc1OC. The lowest BCUT2D eigenvalue weighted by Crippen LogP contribution is -2.11. The van der Waals surface area contributed by atoms with Crippen molar-refractivity contribution in [3.05, 3.63) is 88.8 Å². The third-order valence-corrected chi connectivity index (χ3v) is 6.94. The highest BCUT2D eigenvalue weighted by Crippen LogP contribution is 2.39. The number of carbonyl (C=O) groups is 2. The summed E-state index contributed by atoms with van der Waals surface area (Å²) in [5.41, 5.74) is 4.60. The van der Waals surface area contributed by atoms with Crippen LogP contribution in [0.25, 0.3) is 38.4 Å². The summed E-state index contributed by atoms with van der Waals surface area (Å²) in [7, 11) is 2.89. The Morgan fingerprint density at radius 2 is 1.78 bits per heavy atom. The Balaban J connectivity index is 1.54. The molecule has 2 aromatic heterocycles. The summed E-state index contributed by atoms with van der Waals surface area (Å²) in [6.07, 6.45) is 3.24. The maximum Gasteiger partial charge on any atom is 0.350 e. The summed E-state index contributed by atoms with van der Waals surface area (Å²) < 4.78 is 16.3. The molecule has 2 heterocycles. The Hall–Kier alpha value is -4.36. The Morgan fingerprint density at radius 3 is 2.58 bits per heavy atom. The number of esters is 1. The van der Waals surface area contributed by atoms with E-state index >= 15 is 0 Å². The van der Waals surface area contributed by atoms with Crippen molar-refractivity contribution in [2.24, 2.45) is 0 Å². The summed E-state index contributed by atoms with van der Waals surface area (Å²) in [6, 6.07) is 19.9. The number of carbonyl (C=O) groups excluding carboxylic acids is 2. The van der Waals surface area contributed by atoms with Gasteiger partial charge in [0.2, 0.25) is 5.91 Å². The van der Waals surface area contributed by atoms with E-state index in [0.29, 0.717) is 27.5 Å². The lowest BCUT2D eigenvalue weighted by Gasteiger charge is -2.11. The number of anilines is 1. The van der Waals surface area contributed by atoms with Crippen LogP contribution in [0.4, 0.5) is 5.69 Å². The molecule has 0 atom stereocenters. The number of amides is 1. The highest BCUT2D eigenvalue weighted by Gasteiger charge is 2.18. The van der Waals surface area contributed by atoms with E-state index in [4.69, 9.17) is 13.9 Å². The Bertz CT molecular complexity index is 1640. The average molecular weight is 498 g/mol. The topological polar surface area (TPSA) is 77.8 Å². The molecule has 5 aromatic rings. The van der Waals surface area contributed by atoms with Crippen LogP contribution >= 0.6 is 11.3 Å². The minimum Gasteiger partial charge on any atom is -0.496 e. The van der Waals surface area contributed by atoms with E-state index in [9.17, 15) is 9.59 Å². The Kier molecular flexibility index (Phi) is 6.31. The Labute approximate surface area is 211 Å². The number of allylic oxidation sites excluding steroid dienone is 1. The molecule has 1 amide bonds. The second kappa shape index (κ2) is 9.71. The van der Waals surface area contributed by atoms with E-state index in [2.05, 4.69) is 29.6 Å². The lowest BCUT2D eigenvalue weighted by atomic mass is 9.96. The van der Waals surface area contributed by atoms with Gasteiger partial charge in [0.05, 0.1) is 26.2 Å². The number of fused-ring (bicyclic) bond motifs is 2. The molecule has 0 spiro atoms. The van der Waals surface area contributed by atoms with Gasteiger partial charge in [0.15, 0.2) is 0 Å². The van der Waals surface area contributed by atoms with Crippen molar-refractivity contribution in [1.82, 2.24) is 0 Å². The first kappa shape index (κ1) is 23.4. The molecule has 0 aliphatic rings. The van der Waals surface area contributed by atoms with Gasteiger partial charge in [-0.3, -0.25) is 4.79 Å². The monoisotopic (exact) mass is 497 g/mol. The number of ether oxygens (including phenoxy) is 2. The van der Waals surface area contributed by atoms with Gasteiger partial charge in [-0.15, -0.1) is 11.3 Å². The summed E-state index contributed by atoms with van der Waals surface area (Å²) in [5.74, 6) is -0.262. The van der Waals surface area contributed by atoms with Crippen molar-refractivity contribution < 1.29 is 23.5 Å². The summed E-state index contributed by atoms with van der Waals surface area (Å²) in [4.78, 5) is 25.1. The molecule has 0 aliphatic heterocycles. The molecular weight excluding hydrogens is 474 g/mol. The van der Waals surface area contributed by atoms with Gasteiger partial charge >= 0.3 is 5.97 Å². The van der Waals surface area contributed by atoms with Gasteiger partial charge in [-0.2, -0.15) is 0 Å². The highest BCUT2D eigenvalue weighted by molar-refractivity contribution is 7.12. The standard InChI is InChI=1S/C29H23NO5S/c1-17(13-27(31)30-24-11-12-36-28(24)29(32)34-3)21-14-22-23(16-35-26(22)15-25(21)33-2)20-10-6-8-18-7-4-5-9-19(18)20/h4-16H,1-3H3,(H,30,31)/b17-13+. The van der Waals surface area contributed by atoms with E-state index in [1.807, 2.05) is 37.3 Å². The van der Waals surface area contributed by atoms with Gasteiger partial charge in [-0.05, 0) is 46.3 Å². The molecule has 0 aliphatic carbocycles. The fraction of sp³-hybridized carbons (Fsp3) is 0.103. The van der Waals surface area contributed by atoms with E-state index in [0.717, 1.165) is 32.8 Å². The van der Waals surface area contributed by atoms with Crippen molar-refractivity contribution in [2.45, 2.75) is 6.92 Å². The molecule has 180 valence electrons. The Morgan fingerprint density at radius 1 is 0.972 bits per heavy atom. The first-order valence-electron chi connectivity index (χ1n) is 11.2. The molecule has 5 rings (SSSR count). The normalized spacial score (nSPS) is 11.6. The number of furan rings is 1. The van der Waals surface area contributed by atoms with E-state index in [1.54, 1.807) is 24.8 Å². The van der Waals surface area contributed by atoms with E-state index < -0.39 is 5.97 Å². The third kappa shape index (κ3) is 4.25. The molecule has 0 saturated heterocycles. The smallest absolute Gasteiger partial charge is 0.350 e. The van der Waals surface area contributed by atoms with Crippen LogP contribution in [-0.2, 0) is 9.53 Å². The number of methoxy groups -OCH3 is 2. The van der Waals surface area contributed by atoms with Crippen molar-refractivity contribution in [1.29, 1.82) is 0 Å². The highest BCUT2D eigenvalue weighted by atomic mass is 32.1. The zero-order chi connectivity index (χ0) is 25.2. The molecule has 0 fully saturated rings. The fourth-order valence-electron chi connectivity index (χ4n) is 4.30. The molecule has 6 nitrogen and oxygen atoms in total. The second-order valence-electron chi connectivity index (χ2n) is 8.20. The van der Waals surface area contributed by atoms with Crippen LogP contribution in [0.5, 0.6) is 5.75 Å². The predicted octanol–water partition coefficient (Wildman–Crippen LogP) is 7.15. The van der Waals surface area contributed by atoms with Crippen LogP contribution in [0.3, 0.4) is 0 Å². The zero-order valence-electron chi connectivity index (χ0n) is 20.0. The van der Waals surface area contributed by atoms with E-state index in [1.165, 1.54) is 24.5 Å². The first-order chi connectivity index (χ1) is 17.5. The second-order valence-corrected chi connectivity index (χ2v) is 9.11. The molecule has 0 bridgehead atoms. The number of hydrogen-bond donors (Lipinski definition) is 1. The first-order valence-corrected chi connectivity index (χ1v) is 12.1. The summed E-state index contributed by atoms with van der Waals surface area (Å²) in [6.45, 7) is 1.84. The van der Waals surface area contributed by atoms with E-state index in [-0.39, 0.29) is 5.91 Å². The number of benzene rings is 3. The zero-order valence-corrected chi connectivity index (χ0v) is 20.8. The van der Waals surface area contributed by atoms with Crippen molar-refractivity contribution >= 4 is 56.2 Å². The van der Waals surface area contributed by atoms with Crippen LogP contribution in [0.2, 0.25) is 0 Å².